The maximum absolute atomic E-state index is 12.6. The standard InChI is InChI=1S/C18H19F2NO7S/c1-25-12-6-3-5-11(16(12)28-18(19)20)17(24)27-8-4-7-21-13(22)10-29-14(21)9-15(23)26-2/h3,5-6,9,18H,4,7-8,10H2,1-2H3/b14-9+. The zero-order valence-electron chi connectivity index (χ0n) is 15.7. The minimum absolute atomic E-state index is 0.0305. The third-order valence-corrected chi connectivity index (χ3v) is 4.76. The molecule has 1 aromatic rings. The Bertz CT molecular complexity index is 800. The summed E-state index contributed by atoms with van der Waals surface area (Å²) >= 11 is 1.20. The third kappa shape index (κ3) is 6.08. The molecule has 2 rings (SSSR count). The van der Waals surface area contributed by atoms with Crippen LogP contribution in [0.1, 0.15) is 16.8 Å². The minimum atomic E-state index is -3.14. The Hall–Kier alpha value is -2.82. The van der Waals surface area contributed by atoms with Crippen molar-refractivity contribution in [1.82, 2.24) is 4.90 Å². The van der Waals surface area contributed by atoms with Gasteiger partial charge in [0.25, 0.3) is 0 Å². The van der Waals surface area contributed by atoms with Crippen molar-refractivity contribution in [3.05, 3.63) is 34.9 Å². The van der Waals surface area contributed by atoms with Crippen molar-refractivity contribution >= 4 is 29.6 Å². The number of methoxy groups -OCH3 is 2. The first-order valence-corrected chi connectivity index (χ1v) is 9.37. The zero-order valence-corrected chi connectivity index (χ0v) is 16.5. The molecule has 1 aromatic carbocycles. The summed E-state index contributed by atoms with van der Waals surface area (Å²) in [5.74, 6) is -1.88. The monoisotopic (exact) mass is 431 g/mol. The first-order valence-electron chi connectivity index (χ1n) is 8.39. The fourth-order valence-electron chi connectivity index (χ4n) is 2.44. The number of hydrogen-bond donors (Lipinski definition) is 0. The number of rotatable bonds is 9. The van der Waals surface area contributed by atoms with Crippen LogP contribution in [0.15, 0.2) is 29.3 Å². The first-order chi connectivity index (χ1) is 13.9. The van der Waals surface area contributed by atoms with Gasteiger partial charge in [0.15, 0.2) is 11.5 Å². The maximum Gasteiger partial charge on any atom is 0.387 e. The number of carbonyl (C=O) groups is 3. The Labute approximate surface area is 169 Å². The van der Waals surface area contributed by atoms with Crippen molar-refractivity contribution in [2.75, 3.05) is 33.1 Å². The number of thioether (sulfide) groups is 1. The summed E-state index contributed by atoms with van der Waals surface area (Å²) in [5.41, 5.74) is -0.205. The SMILES string of the molecule is COC(=O)/C=C1/SCC(=O)N1CCCOC(=O)c1cccc(OC)c1OC(F)F. The van der Waals surface area contributed by atoms with Crippen LogP contribution in [0.4, 0.5) is 8.78 Å². The molecule has 0 aliphatic carbocycles. The number of benzene rings is 1. The van der Waals surface area contributed by atoms with Gasteiger partial charge in [-0.25, -0.2) is 9.59 Å². The van der Waals surface area contributed by atoms with Crippen LogP contribution < -0.4 is 9.47 Å². The molecular formula is C18H19F2NO7S. The lowest BCUT2D eigenvalue weighted by Crippen LogP contribution is -2.27. The van der Waals surface area contributed by atoms with E-state index in [1.807, 2.05) is 0 Å². The molecule has 1 aliphatic rings. The summed E-state index contributed by atoms with van der Waals surface area (Å²) < 4.78 is 44.3. The molecule has 0 saturated carbocycles. The van der Waals surface area contributed by atoms with Gasteiger partial charge in [0.05, 0.1) is 37.7 Å². The minimum Gasteiger partial charge on any atom is -0.493 e. The number of halogens is 2. The highest BCUT2D eigenvalue weighted by Crippen LogP contribution is 2.33. The largest absolute Gasteiger partial charge is 0.493 e. The Morgan fingerprint density at radius 1 is 1.31 bits per heavy atom. The van der Waals surface area contributed by atoms with Crippen molar-refractivity contribution in [3.8, 4) is 11.5 Å². The molecule has 1 aliphatic heterocycles. The molecule has 0 unspecified atom stereocenters. The molecule has 1 amide bonds. The van der Waals surface area contributed by atoms with Crippen molar-refractivity contribution < 1.29 is 42.1 Å². The second kappa shape index (κ2) is 10.6. The van der Waals surface area contributed by atoms with Gasteiger partial charge in [0, 0.05) is 6.54 Å². The van der Waals surface area contributed by atoms with E-state index in [1.54, 1.807) is 0 Å². The van der Waals surface area contributed by atoms with E-state index < -0.39 is 24.3 Å². The maximum atomic E-state index is 12.6. The van der Waals surface area contributed by atoms with E-state index in [-0.39, 0.29) is 42.5 Å². The molecule has 158 valence electrons. The molecule has 0 bridgehead atoms. The highest BCUT2D eigenvalue weighted by molar-refractivity contribution is 8.04. The molecule has 0 spiro atoms. The van der Waals surface area contributed by atoms with Crippen molar-refractivity contribution in [3.63, 3.8) is 0 Å². The number of hydrogen-bond acceptors (Lipinski definition) is 8. The molecule has 0 N–H and O–H groups in total. The topological polar surface area (TPSA) is 91.4 Å². The summed E-state index contributed by atoms with van der Waals surface area (Å²) in [4.78, 5) is 36.9. The van der Waals surface area contributed by atoms with E-state index in [4.69, 9.17) is 9.47 Å². The lowest BCUT2D eigenvalue weighted by molar-refractivity contribution is -0.134. The Balaban J connectivity index is 1.96. The number of alkyl halides is 2. The summed E-state index contributed by atoms with van der Waals surface area (Å²) in [7, 11) is 2.49. The average Bonchev–Trinajstić information content (AvgIpc) is 3.03. The van der Waals surface area contributed by atoms with Gasteiger partial charge in [-0.2, -0.15) is 8.78 Å². The predicted octanol–water partition coefficient (Wildman–Crippen LogP) is 2.43. The van der Waals surface area contributed by atoms with Crippen LogP contribution in [-0.2, 0) is 19.1 Å². The number of carbonyl (C=O) groups excluding carboxylic acids is 3. The molecule has 1 saturated heterocycles. The summed E-state index contributed by atoms with van der Waals surface area (Å²) in [6, 6.07) is 4.10. The number of amides is 1. The highest BCUT2D eigenvalue weighted by atomic mass is 32.2. The summed E-state index contributed by atoms with van der Waals surface area (Å²) in [5, 5.41) is 0.452. The van der Waals surface area contributed by atoms with Crippen LogP contribution in [0, 0.1) is 0 Å². The molecule has 11 heteroatoms. The van der Waals surface area contributed by atoms with Crippen LogP contribution in [0.3, 0.4) is 0 Å². The van der Waals surface area contributed by atoms with Gasteiger partial charge in [-0.05, 0) is 18.6 Å². The number of ether oxygens (including phenoxy) is 4. The van der Waals surface area contributed by atoms with Gasteiger partial charge >= 0.3 is 18.6 Å². The van der Waals surface area contributed by atoms with Crippen LogP contribution in [0.5, 0.6) is 11.5 Å². The lowest BCUT2D eigenvalue weighted by Gasteiger charge is -2.17. The van der Waals surface area contributed by atoms with E-state index in [1.165, 1.54) is 55.2 Å². The average molecular weight is 431 g/mol. The first kappa shape index (κ1) is 22.5. The van der Waals surface area contributed by atoms with Crippen LogP contribution in [0.2, 0.25) is 0 Å². The molecule has 1 fully saturated rings. The molecular weight excluding hydrogens is 412 g/mol. The van der Waals surface area contributed by atoms with E-state index in [0.717, 1.165) is 0 Å². The molecule has 0 aromatic heterocycles. The van der Waals surface area contributed by atoms with Crippen LogP contribution in [-0.4, -0.2) is 62.5 Å². The highest BCUT2D eigenvalue weighted by Gasteiger charge is 2.27. The van der Waals surface area contributed by atoms with E-state index in [0.29, 0.717) is 5.03 Å². The summed E-state index contributed by atoms with van der Waals surface area (Å²) in [6.07, 6.45) is 1.48. The summed E-state index contributed by atoms with van der Waals surface area (Å²) in [6.45, 7) is -3.01. The molecule has 0 radical (unpaired) electrons. The van der Waals surface area contributed by atoms with Crippen molar-refractivity contribution in [1.29, 1.82) is 0 Å². The number of nitrogens with zero attached hydrogens (tertiary/aromatic N) is 1. The quantitative estimate of drug-likeness (QED) is 0.335. The van der Waals surface area contributed by atoms with E-state index >= 15 is 0 Å². The van der Waals surface area contributed by atoms with Gasteiger partial charge in [-0.1, -0.05) is 17.8 Å². The molecule has 0 atom stereocenters. The van der Waals surface area contributed by atoms with Crippen molar-refractivity contribution in [2.45, 2.75) is 13.0 Å². The predicted molar refractivity (Wildman–Crippen MR) is 98.8 cm³/mol. The van der Waals surface area contributed by atoms with E-state index in [9.17, 15) is 23.2 Å². The van der Waals surface area contributed by atoms with Crippen LogP contribution >= 0.6 is 11.8 Å². The molecule has 1 heterocycles. The lowest BCUT2D eigenvalue weighted by atomic mass is 10.2. The normalized spacial score (nSPS) is 15.0. The van der Waals surface area contributed by atoms with Crippen LogP contribution in [0.25, 0.3) is 0 Å². The smallest absolute Gasteiger partial charge is 0.387 e. The number of para-hydroxylation sites is 1. The van der Waals surface area contributed by atoms with Gasteiger partial charge in [-0.3, -0.25) is 4.79 Å². The second-order valence-electron chi connectivity index (χ2n) is 5.54. The Morgan fingerprint density at radius 3 is 2.72 bits per heavy atom. The zero-order chi connectivity index (χ0) is 21.4. The van der Waals surface area contributed by atoms with Gasteiger partial charge < -0.3 is 23.8 Å². The van der Waals surface area contributed by atoms with Crippen molar-refractivity contribution in [2.24, 2.45) is 0 Å². The fraction of sp³-hybridized carbons (Fsp3) is 0.389. The second-order valence-corrected chi connectivity index (χ2v) is 6.54. The van der Waals surface area contributed by atoms with Gasteiger partial charge in [0.2, 0.25) is 5.91 Å². The van der Waals surface area contributed by atoms with Gasteiger partial charge in [-0.15, -0.1) is 0 Å². The molecule has 8 nitrogen and oxygen atoms in total. The van der Waals surface area contributed by atoms with Gasteiger partial charge in [0.1, 0.15) is 5.56 Å². The third-order valence-electron chi connectivity index (χ3n) is 3.74. The molecule has 29 heavy (non-hydrogen) atoms. The number of esters is 2. The fourth-order valence-corrected chi connectivity index (χ4v) is 3.40. The Morgan fingerprint density at radius 2 is 2.07 bits per heavy atom. The Kier molecular flexibility index (Phi) is 8.25. The van der Waals surface area contributed by atoms with E-state index in [2.05, 4.69) is 9.47 Å².